The number of aromatic nitrogens is 3. The minimum absolute atomic E-state index is 0.0738. The fourth-order valence-corrected chi connectivity index (χ4v) is 3.40. The average molecular weight is 377 g/mol. The van der Waals surface area contributed by atoms with Crippen molar-refractivity contribution in [2.75, 3.05) is 11.9 Å². The number of rotatable bonds is 7. The van der Waals surface area contributed by atoms with Crippen LogP contribution in [0.15, 0.2) is 18.5 Å². The summed E-state index contributed by atoms with van der Waals surface area (Å²) in [4.78, 5) is 16.5. The fraction of sp³-hybridized carbons (Fsp3) is 0.471. The van der Waals surface area contributed by atoms with Crippen LogP contribution >= 0.6 is 15.9 Å². The van der Waals surface area contributed by atoms with Crippen LogP contribution in [0.3, 0.4) is 0 Å². The lowest BCUT2D eigenvalue weighted by atomic mass is 9.90. The summed E-state index contributed by atoms with van der Waals surface area (Å²) in [5.74, 6) is -0.0738. The van der Waals surface area contributed by atoms with Crippen molar-refractivity contribution < 1.29 is 4.79 Å². The van der Waals surface area contributed by atoms with Gasteiger partial charge in [-0.2, -0.15) is 5.10 Å². The molecule has 122 valence electrons. The quantitative estimate of drug-likeness (QED) is 0.575. The lowest BCUT2D eigenvalue weighted by Gasteiger charge is -2.15. The van der Waals surface area contributed by atoms with Gasteiger partial charge in [0.2, 0.25) is 0 Å². The Kier molecular flexibility index (Phi) is 5.43. The van der Waals surface area contributed by atoms with E-state index in [1.807, 2.05) is 18.5 Å². The highest BCUT2D eigenvalue weighted by molar-refractivity contribution is 9.09. The van der Waals surface area contributed by atoms with Crippen LogP contribution < -0.4 is 5.32 Å². The predicted molar refractivity (Wildman–Crippen MR) is 93.8 cm³/mol. The van der Waals surface area contributed by atoms with Crippen LogP contribution in [0, 0.1) is 0 Å². The molecule has 6 heteroatoms. The SMILES string of the molecule is O=C(NCCCCCCBr)c1n[nH]c2c1CCc1ccncc1-2. The van der Waals surface area contributed by atoms with Gasteiger partial charge < -0.3 is 5.32 Å². The van der Waals surface area contributed by atoms with E-state index in [0.29, 0.717) is 12.2 Å². The second kappa shape index (κ2) is 7.73. The Bertz CT molecular complexity index is 683. The van der Waals surface area contributed by atoms with Crippen molar-refractivity contribution in [3.63, 3.8) is 0 Å². The molecule has 0 spiro atoms. The first kappa shape index (κ1) is 16.2. The standard InChI is InChI=1S/C17H21BrN4O/c18-8-3-1-2-4-9-20-17(23)16-13-6-5-12-7-10-19-11-14(12)15(13)21-22-16/h7,10-11H,1-6,8-9H2,(H,20,23)(H,21,22). The highest BCUT2D eigenvalue weighted by Gasteiger charge is 2.24. The maximum atomic E-state index is 12.4. The van der Waals surface area contributed by atoms with E-state index in [1.165, 1.54) is 18.4 Å². The van der Waals surface area contributed by atoms with Gasteiger partial charge in [0, 0.05) is 35.4 Å². The van der Waals surface area contributed by atoms with E-state index >= 15 is 0 Å². The molecular formula is C17H21BrN4O. The number of hydrogen-bond acceptors (Lipinski definition) is 3. The van der Waals surface area contributed by atoms with Crippen LogP contribution in [0.2, 0.25) is 0 Å². The number of carbonyl (C=O) groups excluding carboxylic acids is 1. The lowest BCUT2D eigenvalue weighted by Crippen LogP contribution is -2.26. The van der Waals surface area contributed by atoms with Crippen LogP contribution in [0.4, 0.5) is 0 Å². The Morgan fingerprint density at radius 1 is 1.26 bits per heavy atom. The predicted octanol–water partition coefficient (Wildman–Crippen LogP) is 3.26. The van der Waals surface area contributed by atoms with Crippen molar-refractivity contribution in [2.24, 2.45) is 0 Å². The van der Waals surface area contributed by atoms with E-state index in [-0.39, 0.29) is 5.91 Å². The Balaban J connectivity index is 1.62. The largest absolute Gasteiger partial charge is 0.351 e. The highest BCUT2D eigenvalue weighted by atomic mass is 79.9. The molecule has 0 saturated heterocycles. The van der Waals surface area contributed by atoms with Crippen molar-refractivity contribution in [1.82, 2.24) is 20.5 Å². The average Bonchev–Trinajstić information content (AvgIpc) is 3.02. The van der Waals surface area contributed by atoms with Crippen LogP contribution in [0.1, 0.15) is 47.3 Å². The van der Waals surface area contributed by atoms with Gasteiger partial charge in [-0.25, -0.2) is 0 Å². The third-order valence-corrected chi connectivity index (χ3v) is 4.81. The molecular weight excluding hydrogens is 356 g/mol. The molecule has 2 aromatic rings. The minimum Gasteiger partial charge on any atom is -0.351 e. The molecule has 5 nitrogen and oxygen atoms in total. The third-order valence-electron chi connectivity index (χ3n) is 4.25. The monoisotopic (exact) mass is 376 g/mol. The number of unbranched alkanes of at least 4 members (excludes halogenated alkanes) is 3. The molecule has 0 fully saturated rings. The van der Waals surface area contributed by atoms with E-state index in [4.69, 9.17) is 0 Å². The summed E-state index contributed by atoms with van der Waals surface area (Å²) >= 11 is 3.43. The molecule has 2 N–H and O–H groups in total. The number of fused-ring (bicyclic) bond motifs is 3. The van der Waals surface area contributed by atoms with Crippen molar-refractivity contribution in [2.45, 2.75) is 38.5 Å². The molecule has 0 atom stereocenters. The maximum Gasteiger partial charge on any atom is 0.272 e. The van der Waals surface area contributed by atoms with Gasteiger partial charge in [-0.3, -0.25) is 14.9 Å². The molecule has 2 aromatic heterocycles. The van der Waals surface area contributed by atoms with Gasteiger partial charge in [0.15, 0.2) is 5.69 Å². The summed E-state index contributed by atoms with van der Waals surface area (Å²) in [7, 11) is 0. The zero-order valence-corrected chi connectivity index (χ0v) is 14.7. The van der Waals surface area contributed by atoms with Gasteiger partial charge in [0.1, 0.15) is 0 Å². The second-order valence-electron chi connectivity index (χ2n) is 5.82. The van der Waals surface area contributed by atoms with Crippen molar-refractivity contribution >= 4 is 21.8 Å². The number of nitrogens with one attached hydrogen (secondary N) is 2. The first-order valence-electron chi connectivity index (χ1n) is 8.16. The van der Waals surface area contributed by atoms with E-state index in [2.05, 4.69) is 36.4 Å². The normalized spacial score (nSPS) is 12.6. The van der Waals surface area contributed by atoms with E-state index < -0.39 is 0 Å². The van der Waals surface area contributed by atoms with Gasteiger partial charge in [0.25, 0.3) is 5.91 Å². The molecule has 0 bridgehead atoms. The number of alkyl halides is 1. The fourth-order valence-electron chi connectivity index (χ4n) is 3.00. The molecule has 0 aromatic carbocycles. The maximum absolute atomic E-state index is 12.4. The van der Waals surface area contributed by atoms with Crippen molar-refractivity contribution in [3.8, 4) is 11.3 Å². The lowest BCUT2D eigenvalue weighted by molar-refractivity contribution is 0.0947. The zero-order chi connectivity index (χ0) is 16.1. The van der Waals surface area contributed by atoms with Crippen LogP contribution in [-0.2, 0) is 12.8 Å². The Hall–Kier alpha value is -1.69. The molecule has 1 aliphatic carbocycles. The van der Waals surface area contributed by atoms with Crippen LogP contribution in [0.25, 0.3) is 11.3 Å². The Labute approximate surface area is 144 Å². The molecule has 1 amide bonds. The number of nitrogens with zero attached hydrogens (tertiary/aromatic N) is 2. The second-order valence-corrected chi connectivity index (χ2v) is 6.61. The molecule has 1 aliphatic rings. The summed E-state index contributed by atoms with van der Waals surface area (Å²) in [5, 5.41) is 11.3. The molecule has 0 saturated carbocycles. The number of halogens is 1. The Morgan fingerprint density at radius 2 is 2.13 bits per heavy atom. The molecule has 0 unspecified atom stereocenters. The number of aryl methyl sites for hydroxylation is 1. The summed E-state index contributed by atoms with van der Waals surface area (Å²) in [6, 6.07) is 2.03. The smallest absolute Gasteiger partial charge is 0.272 e. The number of hydrogen-bond donors (Lipinski definition) is 2. The van der Waals surface area contributed by atoms with Crippen molar-refractivity contribution in [3.05, 3.63) is 35.3 Å². The minimum atomic E-state index is -0.0738. The van der Waals surface area contributed by atoms with Gasteiger partial charge in [-0.15, -0.1) is 0 Å². The number of pyridine rings is 1. The Morgan fingerprint density at radius 3 is 3.00 bits per heavy atom. The molecule has 23 heavy (non-hydrogen) atoms. The van der Waals surface area contributed by atoms with Gasteiger partial charge in [0.05, 0.1) is 5.69 Å². The summed E-state index contributed by atoms with van der Waals surface area (Å²) in [5.41, 5.74) is 4.82. The van der Waals surface area contributed by atoms with Gasteiger partial charge >= 0.3 is 0 Å². The van der Waals surface area contributed by atoms with Crippen molar-refractivity contribution in [1.29, 1.82) is 0 Å². The summed E-state index contributed by atoms with van der Waals surface area (Å²) in [6.07, 6.45) is 9.97. The zero-order valence-electron chi connectivity index (χ0n) is 13.1. The highest BCUT2D eigenvalue weighted by Crippen LogP contribution is 2.32. The first-order valence-corrected chi connectivity index (χ1v) is 9.28. The summed E-state index contributed by atoms with van der Waals surface area (Å²) < 4.78 is 0. The van der Waals surface area contributed by atoms with Gasteiger partial charge in [-0.05, 0) is 37.3 Å². The van der Waals surface area contributed by atoms with E-state index in [1.54, 1.807) is 0 Å². The summed E-state index contributed by atoms with van der Waals surface area (Å²) in [6.45, 7) is 0.709. The molecule has 2 heterocycles. The van der Waals surface area contributed by atoms with Gasteiger partial charge in [-0.1, -0.05) is 28.8 Å². The molecule has 3 rings (SSSR count). The number of aromatic amines is 1. The number of carbonyl (C=O) groups is 1. The third kappa shape index (κ3) is 3.63. The first-order chi connectivity index (χ1) is 11.3. The number of amides is 1. The van der Waals surface area contributed by atoms with E-state index in [9.17, 15) is 4.79 Å². The topological polar surface area (TPSA) is 70.7 Å². The molecule has 0 radical (unpaired) electrons. The van der Waals surface area contributed by atoms with Crippen LogP contribution in [0.5, 0.6) is 0 Å². The molecule has 0 aliphatic heterocycles. The van der Waals surface area contributed by atoms with Crippen LogP contribution in [-0.4, -0.2) is 33.0 Å². The number of H-pyrrole nitrogens is 1. The van der Waals surface area contributed by atoms with E-state index in [0.717, 1.165) is 47.8 Å².